The minimum Gasteiger partial charge on any atom is -0.422 e. The Bertz CT molecular complexity index is 669. The first-order valence-corrected chi connectivity index (χ1v) is 6.39. The van der Waals surface area contributed by atoms with Gasteiger partial charge in [0.25, 0.3) is 0 Å². The number of carbonyl (C=O) groups is 1. The first kappa shape index (κ1) is 13.3. The minimum absolute atomic E-state index is 0.0579. The van der Waals surface area contributed by atoms with Crippen LogP contribution >= 0.6 is 0 Å². The number of anilines is 1. The van der Waals surface area contributed by atoms with E-state index in [9.17, 15) is 9.59 Å². The lowest BCUT2D eigenvalue weighted by Crippen LogP contribution is -2.22. The molecule has 0 spiro atoms. The Morgan fingerprint density at radius 1 is 1.21 bits per heavy atom. The van der Waals surface area contributed by atoms with E-state index in [0.717, 1.165) is 29.7 Å². The minimum atomic E-state index is -0.586. The monoisotopic (exact) mass is 259 g/mol. The van der Waals surface area contributed by atoms with Gasteiger partial charge < -0.3 is 9.32 Å². The second kappa shape index (κ2) is 5.26. The summed E-state index contributed by atoms with van der Waals surface area (Å²) in [5, 5.41) is 0.773. The lowest BCUT2D eigenvalue weighted by Gasteiger charge is -2.23. The molecule has 4 nitrogen and oxygen atoms in total. The van der Waals surface area contributed by atoms with Gasteiger partial charge in [-0.05, 0) is 38.5 Å². The molecule has 0 fully saturated rings. The Hall–Kier alpha value is -2.10. The van der Waals surface area contributed by atoms with Crippen LogP contribution in [-0.4, -0.2) is 19.4 Å². The quantitative estimate of drug-likeness (QED) is 0.625. The molecule has 0 atom stereocenters. The summed E-state index contributed by atoms with van der Waals surface area (Å²) in [5.74, 6) is 0. The number of nitrogens with zero attached hydrogens (tertiary/aromatic N) is 1. The molecule has 0 aliphatic carbocycles. The average Bonchev–Trinajstić information content (AvgIpc) is 2.40. The molecule has 0 saturated heterocycles. The predicted molar refractivity (Wildman–Crippen MR) is 76.2 cm³/mol. The van der Waals surface area contributed by atoms with Gasteiger partial charge in [-0.1, -0.05) is 0 Å². The van der Waals surface area contributed by atoms with Crippen molar-refractivity contribution in [2.75, 3.05) is 18.0 Å². The zero-order chi connectivity index (χ0) is 14.0. The van der Waals surface area contributed by atoms with Gasteiger partial charge in [-0.15, -0.1) is 0 Å². The molecular weight excluding hydrogens is 242 g/mol. The van der Waals surface area contributed by atoms with E-state index < -0.39 is 5.63 Å². The fraction of sp³-hybridized carbons (Fsp3) is 0.333. The molecule has 0 saturated carbocycles. The summed E-state index contributed by atoms with van der Waals surface area (Å²) >= 11 is 0. The van der Waals surface area contributed by atoms with Crippen LogP contribution in [-0.2, 0) is 0 Å². The molecule has 100 valence electrons. The number of benzene rings is 1. The molecule has 1 aromatic carbocycles. The van der Waals surface area contributed by atoms with E-state index in [-0.39, 0.29) is 5.56 Å². The van der Waals surface area contributed by atoms with Crippen molar-refractivity contribution in [2.45, 2.75) is 20.8 Å². The first-order valence-electron chi connectivity index (χ1n) is 6.39. The van der Waals surface area contributed by atoms with Crippen molar-refractivity contribution < 1.29 is 9.21 Å². The summed E-state index contributed by atoms with van der Waals surface area (Å²) in [4.78, 5) is 24.5. The van der Waals surface area contributed by atoms with Crippen molar-refractivity contribution in [3.8, 4) is 0 Å². The van der Waals surface area contributed by atoms with Crippen LogP contribution in [0.1, 0.15) is 29.8 Å². The van der Waals surface area contributed by atoms with Gasteiger partial charge in [0.05, 0.1) is 0 Å². The van der Waals surface area contributed by atoms with Crippen LogP contribution in [0, 0.1) is 6.92 Å². The fourth-order valence-corrected chi connectivity index (χ4v) is 2.27. The van der Waals surface area contributed by atoms with Crippen LogP contribution in [0.4, 0.5) is 5.69 Å². The molecule has 1 heterocycles. The van der Waals surface area contributed by atoms with E-state index in [2.05, 4.69) is 18.7 Å². The molecule has 0 radical (unpaired) electrons. The molecule has 0 aliphatic rings. The molecular formula is C15H17NO3. The highest BCUT2D eigenvalue weighted by Gasteiger charge is 2.10. The number of aryl methyl sites for hydroxylation is 1. The Labute approximate surface area is 111 Å². The number of fused-ring (bicyclic) bond motifs is 1. The molecule has 4 heteroatoms. The molecule has 0 bridgehead atoms. The highest BCUT2D eigenvalue weighted by Crippen LogP contribution is 2.26. The predicted octanol–water partition coefficient (Wildman–Crippen LogP) is 2.76. The third-order valence-electron chi connectivity index (χ3n) is 3.31. The molecule has 0 unspecified atom stereocenters. The van der Waals surface area contributed by atoms with E-state index in [1.54, 1.807) is 6.07 Å². The van der Waals surface area contributed by atoms with Crippen LogP contribution in [0.2, 0.25) is 0 Å². The SMILES string of the molecule is CCN(CC)c1cc2oc(=O)c(C=O)cc2cc1C. The van der Waals surface area contributed by atoms with Gasteiger partial charge in [0, 0.05) is 30.2 Å². The van der Waals surface area contributed by atoms with Gasteiger partial charge in [-0.3, -0.25) is 4.79 Å². The van der Waals surface area contributed by atoms with Gasteiger partial charge in [-0.2, -0.15) is 0 Å². The normalized spacial score (nSPS) is 10.7. The molecule has 19 heavy (non-hydrogen) atoms. The van der Waals surface area contributed by atoms with E-state index >= 15 is 0 Å². The summed E-state index contributed by atoms with van der Waals surface area (Å²) in [5.41, 5.74) is 2.14. The second-order valence-electron chi connectivity index (χ2n) is 4.46. The van der Waals surface area contributed by atoms with E-state index in [4.69, 9.17) is 4.42 Å². The van der Waals surface area contributed by atoms with Gasteiger partial charge in [0.15, 0.2) is 6.29 Å². The van der Waals surface area contributed by atoms with Crippen molar-refractivity contribution in [1.82, 2.24) is 0 Å². The summed E-state index contributed by atoms with van der Waals surface area (Å²) in [6, 6.07) is 5.39. The Kier molecular flexibility index (Phi) is 3.69. The lowest BCUT2D eigenvalue weighted by atomic mass is 10.1. The Morgan fingerprint density at radius 3 is 2.47 bits per heavy atom. The van der Waals surface area contributed by atoms with Crippen molar-refractivity contribution in [3.63, 3.8) is 0 Å². The molecule has 1 aromatic heterocycles. The number of rotatable bonds is 4. The van der Waals surface area contributed by atoms with Crippen LogP contribution in [0.25, 0.3) is 11.0 Å². The van der Waals surface area contributed by atoms with E-state index in [1.165, 1.54) is 0 Å². The maximum absolute atomic E-state index is 11.6. The summed E-state index contributed by atoms with van der Waals surface area (Å²) in [6.45, 7) is 7.95. The highest BCUT2D eigenvalue weighted by atomic mass is 16.4. The number of hydrogen-bond donors (Lipinski definition) is 0. The lowest BCUT2D eigenvalue weighted by molar-refractivity contribution is 0.112. The first-order chi connectivity index (χ1) is 9.10. The molecule has 2 rings (SSSR count). The van der Waals surface area contributed by atoms with E-state index in [1.807, 2.05) is 19.1 Å². The van der Waals surface area contributed by atoms with Crippen molar-refractivity contribution in [2.24, 2.45) is 0 Å². The van der Waals surface area contributed by atoms with Crippen molar-refractivity contribution >= 4 is 22.9 Å². The third kappa shape index (κ3) is 2.38. The second-order valence-corrected chi connectivity index (χ2v) is 4.46. The molecule has 0 aliphatic heterocycles. The van der Waals surface area contributed by atoms with Gasteiger partial charge in [0.2, 0.25) is 0 Å². The average molecular weight is 259 g/mol. The number of carbonyl (C=O) groups excluding carboxylic acids is 1. The summed E-state index contributed by atoms with van der Waals surface area (Å²) in [7, 11) is 0. The maximum Gasteiger partial charge on any atom is 0.346 e. The summed E-state index contributed by atoms with van der Waals surface area (Å²) < 4.78 is 5.21. The largest absolute Gasteiger partial charge is 0.422 e. The number of hydrogen-bond acceptors (Lipinski definition) is 4. The maximum atomic E-state index is 11.6. The third-order valence-corrected chi connectivity index (χ3v) is 3.31. The van der Waals surface area contributed by atoms with Crippen LogP contribution in [0.3, 0.4) is 0 Å². The highest BCUT2D eigenvalue weighted by molar-refractivity contribution is 5.87. The Balaban J connectivity index is 2.69. The fourth-order valence-electron chi connectivity index (χ4n) is 2.27. The topological polar surface area (TPSA) is 50.5 Å². The number of aldehydes is 1. The van der Waals surface area contributed by atoms with Gasteiger partial charge in [-0.25, -0.2) is 4.79 Å². The van der Waals surface area contributed by atoms with Crippen molar-refractivity contribution in [3.05, 3.63) is 39.7 Å². The smallest absolute Gasteiger partial charge is 0.346 e. The van der Waals surface area contributed by atoms with E-state index in [0.29, 0.717) is 11.9 Å². The van der Waals surface area contributed by atoms with Crippen LogP contribution in [0.5, 0.6) is 0 Å². The van der Waals surface area contributed by atoms with Crippen molar-refractivity contribution in [1.29, 1.82) is 0 Å². The van der Waals surface area contributed by atoms with Crippen LogP contribution < -0.4 is 10.5 Å². The molecule has 0 N–H and O–H groups in total. The van der Waals surface area contributed by atoms with Gasteiger partial charge in [0.1, 0.15) is 11.1 Å². The molecule has 2 aromatic rings. The summed E-state index contributed by atoms with van der Waals surface area (Å²) in [6.07, 6.45) is 0.527. The zero-order valence-corrected chi connectivity index (χ0v) is 11.4. The zero-order valence-electron chi connectivity index (χ0n) is 11.4. The molecule has 0 amide bonds. The standard InChI is InChI=1S/C15H17NO3/c1-4-16(5-2)13-8-14-11(6-10(13)3)7-12(9-17)15(18)19-14/h6-9H,4-5H2,1-3H3. The van der Waals surface area contributed by atoms with Gasteiger partial charge >= 0.3 is 5.63 Å². The van der Waals surface area contributed by atoms with Crippen LogP contribution in [0.15, 0.2) is 27.4 Å². The Morgan fingerprint density at radius 2 is 1.89 bits per heavy atom.